The van der Waals surface area contributed by atoms with Crippen LogP contribution in [0.3, 0.4) is 0 Å². The van der Waals surface area contributed by atoms with Crippen LogP contribution in [0, 0.1) is 94.4 Å². The van der Waals surface area contributed by atoms with E-state index < -0.39 is 5.97 Å². The van der Waals surface area contributed by atoms with Gasteiger partial charge in [0.1, 0.15) is 5.75 Å². The number of phenols is 2. The van der Waals surface area contributed by atoms with Gasteiger partial charge in [0, 0.05) is 100 Å². The van der Waals surface area contributed by atoms with Gasteiger partial charge >= 0.3 is 5.97 Å². The number of methoxy groups -OCH3 is 2. The number of halogens is 1. The van der Waals surface area contributed by atoms with Gasteiger partial charge in [0.25, 0.3) is 0 Å². The molecule has 2 N–H and O–H groups in total. The fourth-order valence-electron chi connectivity index (χ4n) is 1.94. The van der Waals surface area contributed by atoms with Crippen LogP contribution in [0.5, 0.6) is 28.7 Å². The van der Waals surface area contributed by atoms with Crippen molar-refractivity contribution in [3.63, 3.8) is 0 Å². The Morgan fingerprint density at radius 2 is 1.59 bits per heavy atom. The Bertz CT molecular complexity index is 861. The summed E-state index contributed by atoms with van der Waals surface area (Å²) in [6.07, 6.45) is 0. The van der Waals surface area contributed by atoms with Gasteiger partial charge in [-0.15, -0.1) is 0 Å². The number of rotatable bonds is 4. The van der Waals surface area contributed by atoms with E-state index in [1.165, 1.54) is 32.4 Å². The maximum atomic E-state index is 11.6. The first-order valence-corrected chi connectivity index (χ1v) is 8.57. The second kappa shape index (κ2) is 13.4. The van der Waals surface area contributed by atoms with Crippen molar-refractivity contribution in [3.8, 4) is 40.6 Å². The molecule has 0 aliphatic carbocycles. The van der Waals surface area contributed by atoms with Gasteiger partial charge in [-0.2, -0.15) is 0 Å². The van der Waals surface area contributed by atoms with E-state index in [1.54, 1.807) is 12.1 Å². The van der Waals surface area contributed by atoms with E-state index in [-0.39, 0.29) is 110 Å². The molecule has 0 saturated heterocycles. The van der Waals surface area contributed by atoms with Gasteiger partial charge < -0.3 is 24.4 Å². The van der Waals surface area contributed by atoms with Gasteiger partial charge in [0.15, 0.2) is 23.0 Å². The molecule has 6 nitrogen and oxygen atoms in total. The number of carbonyl (C=O) groups excluding carboxylic acids is 1. The number of ether oxygens (including phenoxy) is 3. The van der Waals surface area contributed by atoms with Crippen LogP contribution in [0.1, 0.15) is 11.1 Å². The van der Waals surface area contributed by atoms with Crippen LogP contribution in [-0.4, -0.2) is 34.8 Å². The number of phenolic OH excluding ortho intramolecular Hbond substituents is 2. The third-order valence-corrected chi connectivity index (χ3v) is 3.76. The maximum absolute atomic E-state index is 11.6. The summed E-state index contributed by atoms with van der Waals surface area (Å²) >= 11 is 1.88. The molecule has 2 rings (SSSR count). The summed E-state index contributed by atoms with van der Waals surface area (Å²) in [5.41, 5.74) is 0.966. The zero-order chi connectivity index (χ0) is 18.4. The molecule has 0 amide bonds. The minimum Gasteiger partial charge on any atom is -0.504 e. The largest absolute Gasteiger partial charge is 0.504 e. The van der Waals surface area contributed by atoms with Crippen molar-refractivity contribution in [2.45, 2.75) is 0 Å². The zero-order valence-corrected chi connectivity index (χ0v) is 24.2. The molecule has 2 aromatic rings. The van der Waals surface area contributed by atoms with Crippen molar-refractivity contribution in [1.82, 2.24) is 0 Å². The molecule has 0 aliphatic rings. The van der Waals surface area contributed by atoms with Crippen molar-refractivity contribution >= 4 is 28.6 Å². The number of benzene rings is 2. The van der Waals surface area contributed by atoms with E-state index >= 15 is 0 Å². The standard InChI is InChI=1S/C18H15IO6.2Pr/c1-23-16-7-11(4-6-13(16)20)3-5-12-8-17(24-2)14(21)9-15(12)25-18(22)10-19;;/h4,6-9,20-21H,10H2,1-2H3;;. The Kier molecular flexibility index (Phi) is 13.4. The Labute approximate surface area is 237 Å². The average molecular weight is 736 g/mol. The normalized spacial score (nSPS) is 9.00. The number of aromatic hydroxyl groups is 2. The molecule has 0 aliphatic heterocycles. The number of alkyl halides is 1. The quantitative estimate of drug-likeness (QED) is 0.165. The molecule has 0 aromatic heterocycles. The zero-order valence-electron chi connectivity index (χ0n) is 14.7. The molecule has 2 radical (unpaired) electrons. The molecule has 0 heterocycles. The van der Waals surface area contributed by atoms with E-state index in [2.05, 4.69) is 11.8 Å². The summed E-state index contributed by atoms with van der Waals surface area (Å²) in [5.74, 6) is 5.81. The topological polar surface area (TPSA) is 85.2 Å². The first kappa shape index (κ1) is 27.1. The van der Waals surface area contributed by atoms with Crippen molar-refractivity contribution < 1.29 is 112 Å². The molecule has 9 heteroatoms. The van der Waals surface area contributed by atoms with E-state index in [9.17, 15) is 15.0 Å². The van der Waals surface area contributed by atoms with Crippen LogP contribution in [0.2, 0.25) is 0 Å². The second-order valence-corrected chi connectivity index (χ2v) is 5.53. The van der Waals surface area contributed by atoms with Crippen LogP contribution < -0.4 is 14.2 Å². The Hall–Kier alpha value is 0.127. The predicted molar refractivity (Wildman–Crippen MR) is 99.8 cm³/mol. The molecule has 0 fully saturated rings. The Morgan fingerprint density at radius 3 is 2.19 bits per heavy atom. The van der Waals surface area contributed by atoms with Crippen LogP contribution >= 0.6 is 22.6 Å². The van der Waals surface area contributed by atoms with Crippen molar-refractivity contribution in [2.24, 2.45) is 0 Å². The van der Waals surface area contributed by atoms with Gasteiger partial charge in [0.2, 0.25) is 0 Å². The molecule has 27 heavy (non-hydrogen) atoms. The summed E-state index contributed by atoms with van der Waals surface area (Å²) < 4.78 is 15.5. The smallest absolute Gasteiger partial charge is 0.321 e. The fourth-order valence-corrected chi connectivity index (χ4v) is 2.10. The maximum Gasteiger partial charge on any atom is 0.321 e. The van der Waals surface area contributed by atoms with Gasteiger partial charge in [-0.3, -0.25) is 4.79 Å². The summed E-state index contributed by atoms with van der Waals surface area (Å²) in [4.78, 5) is 11.6. The van der Waals surface area contributed by atoms with Crippen LogP contribution in [0.4, 0.5) is 0 Å². The van der Waals surface area contributed by atoms with Crippen LogP contribution in [0.25, 0.3) is 0 Å². The fraction of sp³-hybridized carbons (Fsp3) is 0.167. The summed E-state index contributed by atoms with van der Waals surface area (Å²) in [5, 5.41) is 19.5. The monoisotopic (exact) mass is 736 g/mol. The van der Waals surface area contributed by atoms with Crippen molar-refractivity contribution in [1.29, 1.82) is 0 Å². The van der Waals surface area contributed by atoms with Gasteiger partial charge in [0.05, 0.1) is 24.2 Å². The van der Waals surface area contributed by atoms with Gasteiger partial charge in [-0.25, -0.2) is 0 Å². The Balaban J connectivity index is 0.00000338. The van der Waals surface area contributed by atoms with E-state index in [0.717, 1.165) is 0 Å². The van der Waals surface area contributed by atoms with Crippen molar-refractivity contribution in [3.05, 3.63) is 41.5 Å². The third-order valence-electron chi connectivity index (χ3n) is 3.14. The number of hydrogen-bond donors (Lipinski definition) is 2. The molecule has 0 atom stereocenters. The SMILES string of the molecule is COc1cc(C#Cc2cc(OC)c(O)cc2OC(=O)CI)ccc1O.[Pr].[Pr]. The summed E-state index contributed by atoms with van der Waals surface area (Å²) in [6, 6.07) is 7.44. The first-order valence-electron chi connectivity index (χ1n) is 7.05. The average Bonchev–Trinajstić information content (AvgIpc) is 2.62. The number of esters is 1. The predicted octanol–water partition coefficient (Wildman–Crippen LogP) is 2.86. The van der Waals surface area contributed by atoms with Crippen LogP contribution in [0.15, 0.2) is 30.3 Å². The number of hydrogen-bond acceptors (Lipinski definition) is 6. The van der Waals surface area contributed by atoms with E-state index in [4.69, 9.17) is 14.2 Å². The van der Waals surface area contributed by atoms with Crippen molar-refractivity contribution in [2.75, 3.05) is 18.6 Å². The molecule has 2 aromatic carbocycles. The minimum absolute atomic E-state index is 0. The third kappa shape index (κ3) is 7.81. The molecule has 0 unspecified atom stereocenters. The van der Waals surface area contributed by atoms with Gasteiger partial charge in [-0.1, -0.05) is 34.4 Å². The molecule has 0 saturated carbocycles. The first-order chi connectivity index (χ1) is 12.0. The van der Waals surface area contributed by atoms with E-state index in [0.29, 0.717) is 16.9 Å². The number of carbonyl (C=O) groups is 1. The molecule has 0 bridgehead atoms. The molecular weight excluding hydrogens is 721 g/mol. The van der Waals surface area contributed by atoms with E-state index in [1.807, 2.05) is 22.6 Å². The molecule has 0 spiro atoms. The summed E-state index contributed by atoms with van der Waals surface area (Å²) in [6.45, 7) is 0. The molecular formula is C18H15IO6Pr2. The van der Waals surface area contributed by atoms with Gasteiger partial charge in [-0.05, 0) is 18.2 Å². The Morgan fingerprint density at radius 1 is 0.963 bits per heavy atom. The second-order valence-electron chi connectivity index (χ2n) is 4.76. The van der Waals surface area contributed by atoms with Crippen LogP contribution in [-0.2, 0) is 4.79 Å². The summed E-state index contributed by atoms with van der Waals surface area (Å²) in [7, 11) is 2.85. The minimum atomic E-state index is -0.459. The molecule has 136 valence electrons.